The predicted octanol–water partition coefficient (Wildman–Crippen LogP) is 3.54. The minimum absolute atomic E-state index is 0.561. The Kier molecular flexibility index (Phi) is 5.00. The van der Waals surface area contributed by atoms with Crippen LogP contribution in [0.4, 0.5) is 0 Å². The summed E-state index contributed by atoms with van der Waals surface area (Å²) in [4.78, 5) is 2.48. The molecule has 1 aliphatic rings. The van der Waals surface area contributed by atoms with Gasteiger partial charge < -0.3 is 5.73 Å². The summed E-state index contributed by atoms with van der Waals surface area (Å²) in [6, 6.07) is 9.59. The molecule has 1 aliphatic heterocycles. The van der Waals surface area contributed by atoms with E-state index in [-0.39, 0.29) is 0 Å². The second kappa shape index (κ2) is 6.53. The summed E-state index contributed by atoms with van der Waals surface area (Å²) < 4.78 is 0. The highest BCUT2D eigenvalue weighted by atomic mass is 15.2. The number of hydrogen-bond donors (Lipinski definition) is 1. The Labute approximate surface area is 118 Å². The molecule has 2 N–H and O–H groups in total. The van der Waals surface area contributed by atoms with Crippen molar-refractivity contribution in [1.82, 2.24) is 4.90 Å². The van der Waals surface area contributed by atoms with Gasteiger partial charge in [0, 0.05) is 12.6 Å². The number of hydrogen-bond acceptors (Lipinski definition) is 2. The van der Waals surface area contributed by atoms with Crippen LogP contribution in [0.3, 0.4) is 0 Å². The Hall–Kier alpha value is -0.860. The molecule has 2 heteroatoms. The molecule has 2 atom stereocenters. The van der Waals surface area contributed by atoms with Crippen LogP contribution < -0.4 is 5.73 Å². The zero-order chi connectivity index (χ0) is 13.8. The van der Waals surface area contributed by atoms with Gasteiger partial charge in [-0.25, -0.2) is 0 Å². The van der Waals surface area contributed by atoms with Crippen LogP contribution >= 0.6 is 0 Å². The molecule has 0 spiro atoms. The van der Waals surface area contributed by atoms with E-state index in [2.05, 4.69) is 50.1 Å². The maximum atomic E-state index is 5.86. The number of nitrogens with two attached hydrogens (primary N) is 1. The average Bonchev–Trinajstić information content (AvgIpc) is 2.82. The molecule has 0 bridgehead atoms. The molecular formula is C17H28N2. The van der Waals surface area contributed by atoms with E-state index in [1.54, 1.807) is 5.56 Å². The Balaban J connectivity index is 2.29. The first-order valence-electron chi connectivity index (χ1n) is 7.70. The Morgan fingerprint density at radius 3 is 2.53 bits per heavy atom. The molecule has 19 heavy (non-hydrogen) atoms. The SMILES string of the molecule is CCC(CC)c1ccccc1C1CC(CN)CN1C. The van der Waals surface area contributed by atoms with E-state index in [0.717, 1.165) is 13.1 Å². The molecule has 0 aliphatic carbocycles. The number of benzene rings is 1. The molecule has 1 aromatic carbocycles. The molecule has 2 unspecified atom stereocenters. The highest BCUT2D eigenvalue weighted by molar-refractivity contribution is 5.33. The van der Waals surface area contributed by atoms with Gasteiger partial charge in [0.15, 0.2) is 0 Å². The third-order valence-corrected chi connectivity index (χ3v) is 4.75. The van der Waals surface area contributed by atoms with Gasteiger partial charge in [-0.1, -0.05) is 38.1 Å². The van der Waals surface area contributed by atoms with Crippen molar-refractivity contribution < 1.29 is 0 Å². The molecule has 1 saturated heterocycles. The fraction of sp³-hybridized carbons (Fsp3) is 0.647. The second-order valence-corrected chi connectivity index (χ2v) is 5.94. The van der Waals surface area contributed by atoms with Gasteiger partial charge in [0.05, 0.1) is 0 Å². The summed E-state index contributed by atoms with van der Waals surface area (Å²) in [5.41, 5.74) is 8.95. The van der Waals surface area contributed by atoms with Gasteiger partial charge in [-0.05, 0) is 55.8 Å². The van der Waals surface area contributed by atoms with E-state index in [1.165, 1.54) is 24.8 Å². The molecule has 106 valence electrons. The van der Waals surface area contributed by atoms with Gasteiger partial charge in [-0.3, -0.25) is 4.90 Å². The minimum Gasteiger partial charge on any atom is -0.330 e. The van der Waals surface area contributed by atoms with Crippen molar-refractivity contribution in [3.05, 3.63) is 35.4 Å². The first-order valence-corrected chi connectivity index (χ1v) is 7.70. The average molecular weight is 260 g/mol. The zero-order valence-electron chi connectivity index (χ0n) is 12.6. The molecule has 2 rings (SSSR count). The van der Waals surface area contributed by atoms with Crippen LogP contribution in [0.1, 0.15) is 56.2 Å². The van der Waals surface area contributed by atoms with Crippen LogP contribution in [0.5, 0.6) is 0 Å². The van der Waals surface area contributed by atoms with E-state index in [1.807, 2.05) is 0 Å². The summed E-state index contributed by atoms with van der Waals surface area (Å²) in [6.07, 6.45) is 3.67. The molecule has 0 aromatic heterocycles. The molecule has 0 radical (unpaired) electrons. The number of likely N-dealkylation sites (tertiary alicyclic amines) is 1. The van der Waals surface area contributed by atoms with Gasteiger partial charge in [0.1, 0.15) is 0 Å². The van der Waals surface area contributed by atoms with Crippen molar-refractivity contribution in [2.75, 3.05) is 20.1 Å². The van der Waals surface area contributed by atoms with Gasteiger partial charge in [-0.15, -0.1) is 0 Å². The summed E-state index contributed by atoms with van der Waals surface area (Å²) in [7, 11) is 2.24. The molecule has 0 saturated carbocycles. The first kappa shape index (κ1) is 14.5. The van der Waals surface area contributed by atoms with Gasteiger partial charge in [-0.2, -0.15) is 0 Å². The summed E-state index contributed by atoms with van der Waals surface area (Å²) in [5.74, 6) is 1.35. The Bertz CT molecular complexity index is 398. The van der Waals surface area contributed by atoms with Crippen LogP contribution in [0.2, 0.25) is 0 Å². The fourth-order valence-corrected chi connectivity index (χ4v) is 3.55. The third kappa shape index (κ3) is 3.01. The largest absolute Gasteiger partial charge is 0.330 e. The van der Waals surface area contributed by atoms with Crippen LogP contribution in [0.25, 0.3) is 0 Å². The summed E-state index contributed by atoms with van der Waals surface area (Å²) >= 11 is 0. The molecule has 1 heterocycles. The highest BCUT2D eigenvalue weighted by Gasteiger charge is 2.31. The quantitative estimate of drug-likeness (QED) is 0.877. The van der Waals surface area contributed by atoms with E-state index >= 15 is 0 Å². The predicted molar refractivity (Wildman–Crippen MR) is 82.3 cm³/mol. The zero-order valence-corrected chi connectivity index (χ0v) is 12.6. The minimum atomic E-state index is 0.561. The van der Waals surface area contributed by atoms with Crippen molar-refractivity contribution >= 4 is 0 Å². The molecule has 1 fully saturated rings. The molecule has 2 nitrogen and oxygen atoms in total. The lowest BCUT2D eigenvalue weighted by atomic mass is 9.86. The van der Waals surface area contributed by atoms with E-state index in [0.29, 0.717) is 17.9 Å². The second-order valence-electron chi connectivity index (χ2n) is 5.94. The molecule has 1 aromatic rings. The lowest BCUT2D eigenvalue weighted by molar-refractivity contribution is 0.311. The lowest BCUT2D eigenvalue weighted by Gasteiger charge is -2.25. The summed E-state index contributed by atoms with van der Waals surface area (Å²) in [5, 5.41) is 0. The van der Waals surface area contributed by atoms with Crippen molar-refractivity contribution in [3.8, 4) is 0 Å². The highest BCUT2D eigenvalue weighted by Crippen LogP contribution is 2.38. The van der Waals surface area contributed by atoms with Crippen LogP contribution in [-0.2, 0) is 0 Å². The lowest BCUT2D eigenvalue weighted by Crippen LogP contribution is -2.21. The maximum absolute atomic E-state index is 5.86. The van der Waals surface area contributed by atoms with Crippen LogP contribution in [0.15, 0.2) is 24.3 Å². The molecular weight excluding hydrogens is 232 g/mol. The van der Waals surface area contributed by atoms with Crippen molar-refractivity contribution in [1.29, 1.82) is 0 Å². The van der Waals surface area contributed by atoms with Gasteiger partial charge in [0.25, 0.3) is 0 Å². The standard InChI is InChI=1S/C17H28N2/c1-4-14(5-2)15-8-6-7-9-16(15)17-10-13(11-18)12-19(17)3/h6-9,13-14,17H,4-5,10-12,18H2,1-3H3. The van der Waals surface area contributed by atoms with Gasteiger partial charge in [0.2, 0.25) is 0 Å². The van der Waals surface area contributed by atoms with Crippen molar-refractivity contribution in [2.45, 2.75) is 45.1 Å². The third-order valence-electron chi connectivity index (χ3n) is 4.75. The molecule has 0 amide bonds. The van der Waals surface area contributed by atoms with E-state index < -0.39 is 0 Å². The van der Waals surface area contributed by atoms with E-state index in [9.17, 15) is 0 Å². The van der Waals surface area contributed by atoms with Crippen LogP contribution in [0, 0.1) is 5.92 Å². The fourth-order valence-electron chi connectivity index (χ4n) is 3.55. The topological polar surface area (TPSA) is 29.3 Å². The normalized spacial score (nSPS) is 24.3. The Morgan fingerprint density at radius 1 is 1.26 bits per heavy atom. The monoisotopic (exact) mass is 260 g/mol. The Morgan fingerprint density at radius 2 is 1.95 bits per heavy atom. The number of nitrogens with zero attached hydrogens (tertiary/aromatic N) is 1. The first-order chi connectivity index (χ1) is 9.21. The number of rotatable bonds is 5. The van der Waals surface area contributed by atoms with E-state index in [4.69, 9.17) is 5.73 Å². The van der Waals surface area contributed by atoms with Gasteiger partial charge >= 0.3 is 0 Å². The van der Waals surface area contributed by atoms with Crippen LogP contribution in [-0.4, -0.2) is 25.0 Å². The summed E-state index contributed by atoms with van der Waals surface area (Å²) in [6.45, 7) is 6.55. The maximum Gasteiger partial charge on any atom is 0.0351 e. The van der Waals surface area contributed by atoms with Crippen molar-refractivity contribution in [3.63, 3.8) is 0 Å². The smallest absolute Gasteiger partial charge is 0.0351 e. The van der Waals surface area contributed by atoms with Crippen molar-refractivity contribution in [2.24, 2.45) is 11.7 Å².